The predicted octanol–water partition coefficient (Wildman–Crippen LogP) is 4.37. The lowest BCUT2D eigenvalue weighted by Crippen LogP contribution is -2.39. The second-order valence-electron chi connectivity index (χ2n) is 7.62. The number of halogens is 4. The zero-order valence-corrected chi connectivity index (χ0v) is 16.1. The molecule has 1 unspecified atom stereocenters. The van der Waals surface area contributed by atoms with E-state index in [-0.39, 0.29) is 16.7 Å². The molecule has 0 bridgehead atoms. The molecule has 1 heterocycles. The Morgan fingerprint density at radius 2 is 1.70 bits per heavy atom. The van der Waals surface area contributed by atoms with Gasteiger partial charge in [-0.05, 0) is 43.6 Å². The minimum Gasteiger partial charge on any atom is -0.456 e. The van der Waals surface area contributed by atoms with Gasteiger partial charge in [-0.3, -0.25) is 14.5 Å². The number of esters is 1. The number of hydrogen-bond acceptors (Lipinski definition) is 4. The number of likely N-dealkylation sites (N-methyl/N-ethyl adjacent to an activating group) is 1. The molecule has 0 N–H and O–H groups in total. The average Bonchev–Trinajstić information content (AvgIpc) is 3.16. The normalized spacial score (nSPS) is 21.6. The summed E-state index contributed by atoms with van der Waals surface area (Å²) in [5, 5.41) is 0. The standard InChI is InChI=1S/C22H19F4NO3/c1-27-10-4-7-18(27)20(29)30-12-19(28)13-8-9-15-14-5-2-3-6-16(14)21(23,24)22(25,26)17(15)11-13/h2-3,5-6,8-9,11,18H,4,7,10,12H2,1H3. The molecule has 0 spiro atoms. The summed E-state index contributed by atoms with van der Waals surface area (Å²) in [6, 6.07) is 7.94. The first-order chi connectivity index (χ1) is 14.1. The molecule has 158 valence electrons. The summed E-state index contributed by atoms with van der Waals surface area (Å²) in [5.74, 6) is -10.2. The van der Waals surface area contributed by atoms with Crippen LogP contribution in [0.1, 0.15) is 34.3 Å². The van der Waals surface area contributed by atoms with Crippen molar-refractivity contribution in [2.45, 2.75) is 30.7 Å². The fraction of sp³-hybridized carbons (Fsp3) is 0.364. The van der Waals surface area contributed by atoms with E-state index in [9.17, 15) is 27.2 Å². The first-order valence-corrected chi connectivity index (χ1v) is 9.54. The van der Waals surface area contributed by atoms with E-state index in [2.05, 4.69) is 0 Å². The summed E-state index contributed by atoms with van der Waals surface area (Å²) >= 11 is 0. The molecule has 0 radical (unpaired) electrons. The zero-order valence-electron chi connectivity index (χ0n) is 16.1. The van der Waals surface area contributed by atoms with Gasteiger partial charge in [-0.2, -0.15) is 17.6 Å². The lowest BCUT2D eigenvalue weighted by atomic mass is 9.79. The maximum Gasteiger partial charge on any atom is 0.340 e. The number of alkyl halides is 4. The fourth-order valence-corrected chi connectivity index (χ4v) is 4.07. The SMILES string of the molecule is CN1CCCC1C(=O)OCC(=O)c1ccc2c(c1)C(F)(F)C(F)(F)c1ccccc1-2. The number of fused-ring (bicyclic) bond motifs is 3. The minimum absolute atomic E-state index is 0.00174. The number of hydrogen-bond donors (Lipinski definition) is 0. The number of nitrogens with zero attached hydrogens (tertiary/aromatic N) is 1. The van der Waals surface area contributed by atoms with Crippen molar-refractivity contribution in [3.05, 3.63) is 59.2 Å². The highest BCUT2D eigenvalue weighted by Gasteiger charge is 2.62. The molecule has 1 aliphatic heterocycles. The topological polar surface area (TPSA) is 46.6 Å². The molecule has 1 fully saturated rings. The van der Waals surface area contributed by atoms with E-state index in [0.29, 0.717) is 6.42 Å². The minimum atomic E-state index is -4.49. The molecule has 4 nitrogen and oxygen atoms in total. The maximum absolute atomic E-state index is 14.7. The van der Waals surface area contributed by atoms with Gasteiger partial charge in [0.1, 0.15) is 6.04 Å². The molecule has 2 aromatic carbocycles. The second-order valence-corrected chi connectivity index (χ2v) is 7.62. The first-order valence-electron chi connectivity index (χ1n) is 9.54. The van der Waals surface area contributed by atoms with Gasteiger partial charge in [0.2, 0.25) is 0 Å². The van der Waals surface area contributed by atoms with Crippen LogP contribution in [0.5, 0.6) is 0 Å². The summed E-state index contributed by atoms with van der Waals surface area (Å²) < 4.78 is 63.5. The zero-order chi connectivity index (χ0) is 21.7. The van der Waals surface area contributed by atoms with Crippen molar-refractivity contribution in [1.82, 2.24) is 4.90 Å². The highest BCUT2D eigenvalue weighted by Crippen LogP contribution is 2.57. The van der Waals surface area contributed by atoms with Gasteiger partial charge in [0.25, 0.3) is 0 Å². The van der Waals surface area contributed by atoms with Crippen molar-refractivity contribution >= 4 is 11.8 Å². The first kappa shape index (κ1) is 20.5. The molecule has 1 atom stereocenters. The predicted molar refractivity (Wildman–Crippen MR) is 101 cm³/mol. The van der Waals surface area contributed by atoms with Crippen LogP contribution in [-0.2, 0) is 21.4 Å². The van der Waals surface area contributed by atoms with Gasteiger partial charge in [0.05, 0.1) is 0 Å². The van der Waals surface area contributed by atoms with Crippen LogP contribution >= 0.6 is 0 Å². The molecule has 1 aliphatic carbocycles. The highest BCUT2D eigenvalue weighted by atomic mass is 19.3. The van der Waals surface area contributed by atoms with Crippen LogP contribution < -0.4 is 0 Å². The number of carbonyl (C=O) groups is 2. The van der Waals surface area contributed by atoms with Gasteiger partial charge in [0.15, 0.2) is 12.4 Å². The van der Waals surface area contributed by atoms with Crippen LogP contribution in [0.2, 0.25) is 0 Å². The Morgan fingerprint density at radius 3 is 2.40 bits per heavy atom. The summed E-state index contributed by atoms with van der Waals surface area (Å²) in [7, 11) is 1.77. The van der Waals surface area contributed by atoms with Gasteiger partial charge < -0.3 is 4.74 Å². The quantitative estimate of drug-likeness (QED) is 0.418. The van der Waals surface area contributed by atoms with Crippen LogP contribution in [0.25, 0.3) is 11.1 Å². The van der Waals surface area contributed by atoms with Crippen molar-refractivity contribution in [2.75, 3.05) is 20.2 Å². The highest BCUT2D eigenvalue weighted by molar-refractivity contribution is 5.99. The number of carbonyl (C=O) groups excluding carboxylic acids is 2. The van der Waals surface area contributed by atoms with E-state index in [1.165, 1.54) is 30.3 Å². The Morgan fingerprint density at radius 1 is 1.03 bits per heavy atom. The molecule has 30 heavy (non-hydrogen) atoms. The van der Waals surface area contributed by atoms with Crippen LogP contribution in [-0.4, -0.2) is 42.9 Å². The van der Waals surface area contributed by atoms with Gasteiger partial charge in [-0.25, -0.2) is 0 Å². The molecule has 0 amide bonds. The van der Waals surface area contributed by atoms with Crippen LogP contribution in [0.3, 0.4) is 0 Å². The average molecular weight is 421 g/mol. The number of benzene rings is 2. The molecule has 0 saturated carbocycles. The van der Waals surface area contributed by atoms with Crippen LogP contribution in [0.4, 0.5) is 17.6 Å². The fourth-order valence-electron chi connectivity index (χ4n) is 4.07. The van der Waals surface area contributed by atoms with Gasteiger partial charge >= 0.3 is 17.8 Å². The maximum atomic E-state index is 14.7. The summed E-state index contributed by atoms with van der Waals surface area (Å²) in [5.41, 5.74) is -1.94. The summed E-state index contributed by atoms with van der Waals surface area (Å²) in [6.45, 7) is 0.101. The van der Waals surface area contributed by atoms with E-state index in [0.717, 1.165) is 25.1 Å². The van der Waals surface area contributed by atoms with Crippen molar-refractivity contribution in [3.63, 3.8) is 0 Å². The Labute approximate surface area is 170 Å². The number of ether oxygens (including phenoxy) is 1. The van der Waals surface area contributed by atoms with Crippen LogP contribution in [0, 0.1) is 0 Å². The Balaban J connectivity index is 1.61. The number of Topliss-reactive ketones (excluding diaryl/α,β-unsaturated/α-hetero) is 1. The monoisotopic (exact) mass is 421 g/mol. The molecule has 2 aromatic rings. The van der Waals surface area contributed by atoms with E-state index in [1.807, 2.05) is 4.90 Å². The Bertz CT molecular complexity index is 1020. The van der Waals surface area contributed by atoms with Crippen molar-refractivity contribution in [3.8, 4) is 11.1 Å². The smallest absolute Gasteiger partial charge is 0.340 e. The molecular formula is C22H19F4NO3. The molecule has 4 rings (SSSR count). The largest absolute Gasteiger partial charge is 0.456 e. The lowest BCUT2D eigenvalue weighted by molar-refractivity contribution is -0.225. The van der Waals surface area contributed by atoms with Crippen molar-refractivity contribution in [2.24, 2.45) is 0 Å². The summed E-state index contributed by atoms with van der Waals surface area (Å²) in [4.78, 5) is 26.4. The van der Waals surface area contributed by atoms with Gasteiger partial charge in [-0.1, -0.05) is 36.4 Å². The van der Waals surface area contributed by atoms with Crippen molar-refractivity contribution in [1.29, 1.82) is 0 Å². The molecule has 2 aliphatic rings. The van der Waals surface area contributed by atoms with Gasteiger partial charge in [-0.15, -0.1) is 0 Å². The van der Waals surface area contributed by atoms with E-state index in [4.69, 9.17) is 4.74 Å². The number of likely N-dealkylation sites (tertiary alicyclic amines) is 1. The molecule has 0 aromatic heterocycles. The van der Waals surface area contributed by atoms with E-state index in [1.54, 1.807) is 7.05 Å². The summed E-state index contributed by atoms with van der Waals surface area (Å²) in [6.07, 6.45) is 1.45. The molecule has 8 heteroatoms. The number of ketones is 1. The third-order valence-electron chi connectivity index (χ3n) is 5.77. The van der Waals surface area contributed by atoms with Crippen molar-refractivity contribution < 1.29 is 31.9 Å². The van der Waals surface area contributed by atoms with E-state index < -0.39 is 47.4 Å². The number of rotatable bonds is 4. The third-order valence-corrected chi connectivity index (χ3v) is 5.77. The lowest BCUT2D eigenvalue weighted by Gasteiger charge is -2.35. The Kier molecular flexibility index (Phi) is 4.92. The molecular weight excluding hydrogens is 402 g/mol. The van der Waals surface area contributed by atoms with E-state index >= 15 is 0 Å². The van der Waals surface area contributed by atoms with Gasteiger partial charge in [0, 0.05) is 16.7 Å². The Hall–Kier alpha value is -2.74. The van der Waals surface area contributed by atoms with Crippen LogP contribution in [0.15, 0.2) is 42.5 Å². The third kappa shape index (κ3) is 3.10. The molecule has 1 saturated heterocycles. The second kappa shape index (κ2) is 7.19.